The van der Waals surface area contributed by atoms with E-state index in [2.05, 4.69) is 5.32 Å². The lowest BCUT2D eigenvalue weighted by Gasteiger charge is -2.33. The molecule has 1 unspecified atom stereocenters. The largest absolute Gasteiger partial charge is 0.497 e. The number of piperidine rings is 1. The van der Waals surface area contributed by atoms with Gasteiger partial charge in [-0.1, -0.05) is 0 Å². The number of nitrogens with zero attached hydrogens (tertiary/aromatic N) is 1. The lowest BCUT2D eigenvalue weighted by Crippen LogP contribution is -2.41. The number of methoxy groups -OCH3 is 1. The molecule has 0 bridgehead atoms. The van der Waals surface area contributed by atoms with Crippen molar-refractivity contribution in [2.45, 2.75) is 38.6 Å². The summed E-state index contributed by atoms with van der Waals surface area (Å²) in [6, 6.07) is 13.2. The van der Waals surface area contributed by atoms with Crippen LogP contribution in [0.4, 0.5) is 0 Å². The first-order valence-electron chi connectivity index (χ1n) is 11.0. The van der Waals surface area contributed by atoms with Gasteiger partial charge in [0.2, 0.25) is 0 Å². The third-order valence-corrected chi connectivity index (χ3v) is 5.98. The van der Waals surface area contributed by atoms with Gasteiger partial charge in [-0.05, 0) is 80.6 Å². The Morgan fingerprint density at radius 2 is 1.81 bits per heavy atom. The molecule has 1 atom stereocenters. The number of likely N-dealkylation sites (tertiary alicyclic amines) is 1. The number of carbonyl (C=O) groups excluding carboxylic acids is 2. The van der Waals surface area contributed by atoms with Crippen molar-refractivity contribution < 1.29 is 19.1 Å². The number of benzene rings is 2. The number of hydrogen-bond donors (Lipinski definition) is 1. The molecule has 4 rings (SSSR count). The van der Waals surface area contributed by atoms with Crippen molar-refractivity contribution in [1.82, 2.24) is 10.2 Å². The highest BCUT2D eigenvalue weighted by Gasteiger charge is 2.26. The van der Waals surface area contributed by atoms with Crippen LogP contribution in [-0.2, 0) is 0 Å². The lowest BCUT2D eigenvalue weighted by molar-refractivity contribution is 0.0632. The van der Waals surface area contributed by atoms with Gasteiger partial charge >= 0.3 is 0 Å². The standard InChI is InChI=1S/C25H30N2O4/c1-17-14-22(30-2)11-12-23(17)25(29)27-13-3-4-18(15-27)16-31-21-9-5-19(6-10-21)24(28)26-20-7-8-20/h5-6,9-12,14,18,20H,3-4,7-8,13,15-16H2,1-2H3,(H,26,28). The van der Waals surface area contributed by atoms with Crippen molar-refractivity contribution in [2.75, 3.05) is 26.8 Å². The molecule has 1 heterocycles. The molecule has 2 aromatic rings. The van der Waals surface area contributed by atoms with Gasteiger partial charge in [-0.3, -0.25) is 9.59 Å². The molecule has 0 spiro atoms. The number of ether oxygens (including phenoxy) is 2. The summed E-state index contributed by atoms with van der Waals surface area (Å²) in [6.07, 6.45) is 4.15. The molecule has 164 valence electrons. The first-order valence-corrected chi connectivity index (χ1v) is 11.0. The number of rotatable bonds is 7. The molecule has 2 amide bonds. The zero-order valence-electron chi connectivity index (χ0n) is 18.2. The molecule has 1 saturated carbocycles. The third-order valence-electron chi connectivity index (χ3n) is 5.98. The van der Waals surface area contributed by atoms with Crippen LogP contribution >= 0.6 is 0 Å². The zero-order chi connectivity index (χ0) is 21.8. The van der Waals surface area contributed by atoms with Gasteiger partial charge in [-0.25, -0.2) is 0 Å². The van der Waals surface area contributed by atoms with E-state index in [9.17, 15) is 9.59 Å². The van der Waals surface area contributed by atoms with E-state index in [1.54, 1.807) is 19.2 Å². The van der Waals surface area contributed by atoms with Gasteiger partial charge in [0.15, 0.2) is 0 Å². The SMILES string of the molecule is COc1ccc(C(=O)N2CCCC(COc3ccc(C(=O)NC4CC4)cc3)C2)c(C)c1. The van der Waals surface area contributed by atoms with E-state index in [0.717, 1.165) is 54.9 Å². The smallest absolute Gasteiger partial charge is 0.254 e. The zero-order valence-corrected chi connectivity index (χ0v) is 18.2. The van der Waals surface area contributed by atoms with Crippen LogP contribution in [0, 0.1) is 12.8 Å². The summed E-state index contributed by atoms with van der Waals surface area (Å²) in [4.78, 5) is 27.0. The van der Waals surface area contributed by atoms with Gasteiger partial charge in [0.1, 0.15) is 11.5 Å². The minimum Gasteiger partial charge on any atom is -0.497 e. The Morgan fingerprint density at radius 1 is 1.06 bits per heavy atom. The van der Waals surface area contributed by atoms with Crippen molar-refractivity contribution in [3.63, 3.8) is 0 Å². The van der Waals surface area contributed by atoms with Crippen LogP contribution in [0.3, 0.4) is 0 Å². The highest BCUT2D eigenvalue weighted by molar-refractivity contribution is 5.96. The van der Waals surface area contributed by atoms with Crippen molar-refractivity contribution in [3.05, 3.63) is 59.2 Å². The Bertz CT molecular complexity index is 937. The summed E-state index contributed by atoms with van der Waals surface area (Å²) in [5, 5.41) is 2.99. The summed E-state index contributed by atoms with van der Waals surface area (Å²) in [5.74, 6) is 1.83. The molecular formula is C25H30N2O4. The highest BCUT2D eigenvalue weighted by atomic mass is 16.5. The average molecular weight is 423 g/mol. The predicted octanol–water partition coefficient (Wildman–Crippen LogP) is 3.83. The molecule has 1 N–H and O–H groups in total. The predicted molar refractivity (Wildman–Crippen MR) is 119 cm³/mol. The molecule has 2 fully saturated rings. The van der Waals surface area contributed by atoms with Crippen LogP contribution in [0.2, 0.25) is 0 Å². The molecule has 2 aromatic carbocycles. The highest BCUT2D eigenvalue weighted by Crippen LogP contribution is 2.24. The minimum absolute atomic E-state index is 0.0238. The Labute approximate surface area is 183 Å². The quantitative estimate of drug-likeness (QED) is 0.736. The third kappa shape index (κ3) is 5.37. The number of hydrogen-bond acceptors (Lipinski definition) is 4. The van der Waals surface area contributed by atoms with Crippen molar-refractivity contribution in [2.24, 2.45) is 5.92 Å². The van der Waals surface area contributed by atoms with Crippen molar-refractivity contribution in [3.8, 4) is 11.5 Å². The van der Waals surface area contributed by atoms with Crippen LogP contribution < -0.4 is 14.8 Å². The maximum Gasteiger partial charge on any atom is 0.254 e. The topological polar surface area (TPSA) is 67.9 Å². The maximum atomic E-state index is 13.0. The molecule has 1 saturated heterocycles. The first kappa shape index (κ1) is 21.2. The fraction of sp³-hybridized carbons (Fsp3) is 0.440. The van der Waals surface area contributed by atoms with Crippen LogP contribution in [0.1, 0.15) is 52.0 Å². The Hall–Kier alpha value is -3.02. The molecule has 0 radical (unpaired) electrons. The van der Waals surface area contributed by atoms with Crippen LogP contribution in [0.25, 0.3) is 0 Å². The second-order valence-corrected chi connectivity index (χ2v) is 8.52. The normalized spacial score (nSPS) is 18.4. The maximum absolute atomic E-state index is 13.0. The first-order chi connectivity index (χ1) is 15.0. The molecule has 2 aliphatic rings. The Kier molecular flexibility index (Phi) is 6.44. The van der Waals surface area contributed by atoms with Crippen LogP contribution in [0.5, 0.6) is 11.5 Å². The van der Waals surface area contributed by atoms with E-state index < -0.39 is 0 Å². The molecule has 6 heteroatoms. The second kappa shape index (κ2) is 9.41. The van der Waals surface area contributed by atoms with E-state index in [1.165, 1.54) is 0 Å². The van der Waals surface area contributed by atoms with Gasteiger partial charge < -0.3 is 19.7 Å². The summed E-state index contributed by atoms with van der Waals surface area (Å²) in [6.45, 7) is 3.95. The molecule has 6 nitrogen and oxygen atoms in total. The fourth-order valence-electron chi connectivity index (χ4n) is 3.97. The number of carbonyl (C=O) groups is 2. The number of aryl methyl sites for hydroxylation is 1. The summed E-state index contributed by atoms with van der Waals surface area (Å²) in [7, 11) is 1.63. The van der Waals surface area contributed by atoms with Gasteiger partial charge in [-0.15, -0.1) is 0 Å². The van der Waals surface area contributed by atoms with E-state index in [-0.39, 0.29) is 17.7 Å². The van der Waals surface area contributed by atoms with E-state index in [1.807, 2.05) is 42.2 Å². The number of nitrogens with one attached hydrogen (secondary N) is 1. The Balaban J connectivity index is 1.30. The Morgan fingerprint density at radius 3 is 2.48 bits per heavy atom. The van der Waals surface area contributed by atoms with Gasteiger partial charge in [0.05, 0.1) is 13.7 Å². The molecule has 31 heavy (non-hydrogen) atoms. The summed E-state index contributed by atoms with van der Waals surface area (Å²) < 4.78 is 11.2. The fourth-order valence-corrected chi connectivity index (χ4v) is 3.97. The number of amides is 2. The average Bonchev–Trinajstić information content (AvgIpc) is 3.61. The second-order valence-electron chi connectivity index (χ2n) is 8.52. The van der Waals surface area contributed by atoms with E-state index in [4.69, 9.17) is 9.47 Å². The van der Waals surface area contributed by atoms with Crippen molar-refractivity contribution >= 4 is 11.8 Å². The molecule has 1 aliphatic carbocycles. The minimum atomic E-state index is -0.0238. The van der Waals surface area contributed by atoms with Gasteiger partial charge in [0.25, 0.3) is 11.8 Å². The van der Waals surface area contributed by atoms with E-state index >= 15 is 0 Å². The van der Waals surface area contributed by atoms with Gasteiger partial charge in [-0.2, -0.15) is 0 Å². The molecule has 0 aromatic heterocycles. The monoisotopic (exact) mass is 422 g/mol. The van der Waals surface area contributed by atoms with Crippen LogP contribution in [-0.4, -0.2) is 49.6 Å². The lowest BCUT2D eigenvalue weighted by atomic mass is 9.97. The molecule has 1 aliphatic heterocycles. The van der Waals surface area contributed by atoms with Crippen molar-refractivity contribution in [1.29, 1.82) is 0 Å². The van der Waals surface area contributed by atoms with Crippen LogP contribution in [0.15, 0.2) is 42.5 Å². The summed E-state index contributed by atoms with van der Waals surface area (Å²) >= 11 is 0. The summed E-state index contributed by atoms with van der Waals surface area (Å²) in [5.41, 5.74) is 2.31. The molecular weight excluding hydrogens is 392 g/mol. The van der Waals surface area contributed by atoms with Gasteiger partial charge in [0, 0.05) is 36.2 Å². The van der Waals surface area contributed by atoms with E-state index in [0.29, 0.717) is 24.8 Å².